The van der Waals surface area contributed by atoms with Gasteiger partial charge in [-0.15, -0.1) is 4.98 Å². The molecule has 78 valence electrons. The van der Waals surface area contributed by atoms with Crippen LogP contribution < -0.4 is 0 Å². The second-order valence-electron chi connectivity index (χ2n) is 3.51. The van der Waals surface area contributed by atoms with E-state index < -0.39 is 0 Å². The third kappa shape index (κ3) is 2.21. The average molecular weight is 229 g/mol. The summed E-state index contributed by atoms with van der Waals surface area (Å²) in [5, 5.41) is 0.538. The zero-order valence-electron chi connectivity index (χ0n) is 8.74. The first-order chi connectivity index (χ1) is 7.69. The molecule has 16 heavy (non-hydrogen) atoms. The van der Waals surface area contributed by atoms with Crippen molar-refractivity contribution in [3.8, 4) is 11.3 Å². The van der Waals surface area contributed by atoms with Crippen LogP contribution in [0.3, 0.4) is 0 Å². The van der Waals surface area contributed by atoms with Gasteiger partial charge >= 0.3 is 0 Å². The Kier molecular flexibility index (Phi) is 2.89. The number of hydrogen-bond donors (Lipinski definition) is 0. The Morgan fingerprint density at radius 3 is 2.50 bits per heavy atom. The second-order valence-corrected chi connectivity index (χ2v) is 3.94. The van der Waals surface area contributed by atoms with E-state index in [0.717, 1.165) is 11.3 Å². The molecule has 0 unspecified atom stereocenters. The molecule has 0 atom stereocenters. The number of aromatic nitrogens is 1. The molecule has 0 saturated heterocycles. The van der Waals surface area contributed by atoms with Crippen LogP contribution in [0.1, 0.15) is 5.56 Å². The van der Waals surface area contributed by atoms with E-state index in [1.54, 1.807) is 12.1 Å². The maximum atomic E-state index is 6.94. The molecule has 1 aromatic carbocycles. The van der Waals surface area contributed by atoms with Crippen molar-refractivity contribution in [1.82, 2.24) is 4.98 Å². The third-order valence-electron chi connectivity index (χ3n) is 2.24. The molecule has 0 N–H and O–H groups in total. The average Bonchev–Trinajstić information content (AvgIpc) is 2.29. The van der Waals surface area contributed by atoms with Gasteiger partial charge in [0.25, 0.3) is 5.82 Å². The Morgan fingerprint density at radius 2 is 1.88 bits per heavy atom. The summed E-state index contributed by atoms with van der Waals surface area (Å²) in [6.45, 7) is 8.97. The summed E-state index contributed by atoms with van der Waals surface area (Å²) in [5.41, 5.74) is 2.90. The fraction of sp³-hybridized carbons (Fsp3) is 0.0769. The van der Waals surface area contributed by atoms with Gasteiger partial charge in [0.1, 0.15) is 0 Å². The van der Waals surface area contributed by atoms with Gasteiger partial charge in [-0.2, -0.15) is 0 Å². The topological polar surface area (TPSA) is 17.2 Å². The van der Waals surface area contributed by atoms with Crippen molar-refractivity contribution in [1.29, 1.82) is 0 Å². The Morgan fingerprint density at radius 1 is 1.19 bits per heavy atom. The predicted molar refractivity (Wildman–Crippen MR) is 65.7 cm³/mol. The fourth-order valence-electron chi connectivity index (χ4n) is 1.41. The van der Waals surface area contributed by atoms with Crippen molar-refractivity contribution in [2.45, 2.75) is 6.92 Å². The van der Waals surface area contributed by atoms with Crippen LogP contribution in [-0.2, 0) is 0 Å². The number of pyridine rings is 1. The van der Waals surface area contributed by atoms with Crippen molar-refractivity contribution in [3.05, 3.63) is 58.4 Å². The fourth-order valence-corrected chi connectivity index (χ4v) is 1.61. The van der Waals surface area contributed by atoms with Gasteiger partial charge in [-0.25, -0.2) is 0 Å². The molecule has 0 fully saturated rings. The minimum absolute atomic E-state index is 0.322. The van der Waals surface area contributed by atoms with E-state index in [1.807, 2.05) is 31.2 Å². The van der Waals surface area contributed by atoms with Crippen LogP contribution in [0.2, 0.25) is 5.02 Å². The lowest BCUT2D eigenvalue weighted by Crippen LogP contribution is -1.83. The Balaban J connectivity index is 2.52. The molecule has 3 heteroatoms. The normalized spacial score (nSPS) is 9.81. The smallest absolute Gasteiger partial charge is 0.271 e. The lowest BCUT2D eigenvalue weighted by molar-refractivity contribution is 1.34. The largest absolute Gasteiger partial charge is 0.361 e. The number of halogens is 1. The number of benzene rings is 1. The van der Waals surface area contributed by atoms with Crippen LogP contribution in [0.15, 0.2) is 36.4 Å². The molecular formula is C13H9ClN2. The van der Waals surface area contributed by atoms with E-state index in [4.69, 9.17) is 18.2 Å². The van der Waals surface area contributed by atoms with Gasteiger partial charge < -0.3 is 4.85 Å². The van der Waals surface area contributed by atoms with Crippen molar-refractivity contribution in [2.24, 2.45) is 0 Å². The first kappa shape index (κ1) is 10.7. The highest BCUT2D eigenvalue weighted by molar-refractivity contribution is 6.31. The maximum Gasteiger partial charge on any atom is 0.271 e. The molecule has 0 radical (unpaired) electrons. The zero-order chi connectivity index (χ0) is 11.5. The maximum absolute atomic E-state index is 6.94. The van der Waals surface area contributed by atoms with E-state index in [2.05, 4.69) is 9.83 Å². The molecule has 0 saturated carbocycles. The van der Waals surface area contributed by atoms with Crippen molar-refractivity contribution >= 4 is 17.4 Å². The van der Waals surface area contributed by atoms with Crippen LogP contribution in [0.4, 0.5) is 5.82 Å². The van der Waals surface area contributed by atoms with Gasteiger partial charge in [0, 0.05) is 16.7 Å². The molecule has 2 nitrogen and oxygen atoms in total. The summed E-state index contributed by atoms with van der Waals surface area (Å²) in [5.74, 6) is 0.322. The third-order valence-corrected chi connectivity index (χ3v) is 2.46. The Bertz CT molecular complexity index is 553. The van der Waals surface area contributed by atoms with Crippen molar-refractivity contribution < 1.29 is 0 Å². The molecule has 0 amide bonds. The van der Waals surface area contributed by atoms with Crippen LogP contribution in [0.5, 0.6) is 0 Å². The van der Waals surface area contributed by atoms with Gasteiger partial charge in [-0.1, -0.05) is 48.0 Å². The van der Waals surface area contributed by atoms with Crippen LogP contribution >= 0.6 is 11.6 Å². The predicted octanol–water partition coefficient (Wildman–Crippen LogP) is 4.26. The molecule has 0 spiro atoms. The van der Waals surface area contributed by atoms with Gasteiger partial charge in [0.05, 0.1) is 0 Å². The van der Waals surface area contributed by atoms with E-state index in [0.29, 0.717) is 10.8 Å². The quantitative estimate of drug-likeness (QED) is 0.667. The van der Waals surface area contributed by atoms with Crippen LogP contribution in [-0.4, -0.2) is 4.98 Å². The van der Waals surface area contributed by atoms with Crippen molar-refractivity contribution in [3.63, 3.8) is 0 Å². The highest BCUT2D eigenvalue weighted by atomic mass is 35.5. The summed E-state index contributed by atoms with van der Waals surface area (Å²) >= 11 is 5.93. The van der Waals surface area contributed by atoms with Gasteiger partial charge in [0.2, 0.25) is 0 Å². The molecule has 0 aliphatic heterocycles. The molecule has 0 aliphatic rings. The standard InChI is InChI=1S/C13H9ClN2/c1-9-3-5-10(6-4-9)12-7-11(14)8-13(15-2)16-12/h3-8H,1H3. The highest BCUT2D eigenvalue weighted by Crippen LogP contribution is 2.25. The summed E-state index contributed by atoms with van der Waals surface area (Å²) in [6, 6.07) is 11.3. The minimum atomic E-state index is 0.322. The number of aryl methyl sites for hydroxylation is 1. The monoisotopic (exact) mass is 228 g/mol. The summed E-state index contributed by atoms with van der Waals surface area (Å²) in [4.78, 5) is 7.50. The highest BCUT2D eigenvalue weighted by Gasteiger charge is 2.06. The van der Waals surface area contributed by atoms with Crippen LogP contribution in [0.25, 0.3) is 16.1 Å². The first-order valence-corrected chi connectivity index (χ1v) is 5.19. The summed E-state index contributed by atoms with van der Waals surface area (Å²) in [7, 11) is 0. The Labute approximate surface area is 99.3 Å². The summed E-state index contributed by atoms with van der Waals surface area (Å²) < 4.78 is 0. The van der Waals surface area contributed by atoms with Crippen molar-refractivity contribution in [2.75, 3.05) is 0 Å². The van der Waals surface area contributed by atoms with Gasteiger partial charge in [-0.3, -0.25) is 0 Å². The molecule has 2 rings (SSSR count). The number of nitrogens with zero attached hydrogens (tertiary/aromatic N) is 2. The minimum Gasteiger partial charge on any atom is -0.361 e. The molecule has 0 bridgehead atoms. The van der Waals surface area contributed by atoms with Gasteiger partial charge in [-0.05, 0) is 13.0 Å². The van der Waals surface area contributed by atoms with E-state index >= 15 is 0 Å². The van der Waals surface area contributed by atoms with Gasteiger partial charge in [0.15, 0.2) is 5.69 Å². The molecule has 1 aromatic heterocycles. The lowest BCUT2D eigenvalue weighted by atomic mass is 10.1. The lowest BCUT2D eigenvalue weighted by Gasteiger charge is -1.99. The second kappa shape index (κ2) is 4.34. The summed E-state index contributed by atoms with van der Waals surface area (Å²) in [6.07, 6.45) is 0. The molecular weight excluding hydrogens is 220 g/mol. The number of rotatable bonds is 1. The first-order valence-electron chi connectivity index (χ1n) is 4.81. The molecule has 1 heterocycles. The van der Waals surface area contributed by atoms with E-state index in [9.17, 15) is 0 Å². The molecule has 2 aromatic rings. The Hall–Kier alpha value is -1.85. The van der Waals surface area contributed by atoms with E-state index in [1.165, 1.54) is 5.56 Å². The van der Waals surface area contributed by atoms with Crippen LogP contribution in [0, 0.1) is 13.5 Å². The molecule has 0 aliphatic carbocycles. The zero-order valence-corrected chi connectivity index (χ0v) is 9.49. The van der Waals surface area contributed by atoms with E-state index in [-0.39, 0.29) is 0 Å². The SMILES string of the molecule is [C-]#[N+]c1cc(Cl)cc(-c2ccc(C)cc2)n1. The number of hydrogen-bond acceptors (Lipinski definition) is 1.